The second kappa shape index (κ2) is 7.15. The Balaban J connectivity index is 1.54. The highest BCUT2D eigenvalue weighted by Crippen LogP contribution is 2.38. The third-order valence-electron chi connectivity index (χ3n) is 5.85. The molecule has 1 N–H and O–H groups in total. The number of aromatic nitrogens is 3. The number of fused-ring (bicyclic) bond motifs is 3. The van der Waals surface area contributed by atoms with E-state index in [9.17, 15) is 13.2 Å². The molecule has 1 saturated carbocycles. The number of nitrogens with one attached hydrogen (secondary N) is 1. The average molecular weight is 454 g/mol. The van der Waals surface area contributed by atoms with Gasteiger partial charge >= 0.3 is 0 Å². The van der Waals surface area contributed by atoms with Crippen LogP contribution in [0.1, 0.15) is 42.7 Å². The third-order valence-corrected chi connectivity index (χ3v) is 7.49. The fourth-order valence-corrected chi connectivity index (χ4v) is 5.38. The average Bonchev–Trinajstić information content (AvgIpc) is 3.12. The van der Waals surface area contributed by atoms with E-state index in [1.165, 1.54) is 16.9 Å². The van der Waals surface area contributed by atoms with Gasteiger partial charge in [-0.3, -0.25) is 14.6 Å². The number of guanidine groups is 1. The maximum Gasteiger partial charge on any atom is 0.262 e. The number of nitrogens with zero attached hydrogens (tertiary/aromatic N) is 6. The Hall–Kier alpha value is -3.23. The zero-order valence-corrected chi connectivity index (χ0v) is 18.8. The Kier molecular flexibility index (Phi) is 4.61. The normalized spacial score (nSPS) is 20.9. The number of aryl methyl sites for hydroxylation is 1. The molecule has 0 spiro atoms. The van der Waals surface area contributed by atoms with Crippen LogP contribution < -0.4 is 9.62 Å². The second-order valence-corrected chi connectivity index (χ2v) is 10.1. The van der Waals surface area contributed by atoms with Gasteiger partial charge < -0.3 is 0 Å². The summed E-state index contributed by atoms with van der Waals surface area (Å²) in [5.41, 5.74) is 1.07. The van der Waals surface area contributed by atoms with E-state index in [0.29, 0.717) is 36.0 Å². The van der Waals surface area contributed by atoms with Crippen molar-refractivity contribution in [3.63, 3.8) is 0 Å². The standard InChI is InChI=1S/C21H23N7O3S/c1-4-27-19(29)17-11-16(32(30,31)25-21(2)9-10-21)7-8-18(17)28-15(13-22-20(27)28)6-5-14-12-23-26(3)24-14/h7-8,11-12,15,25H,4,9-10,13H2,1-3H3. The molecule has 2 aromatic rings. The van der Waals surface area contributed by atoms with E-state index < -0.39 is 15.6 Å². The van der Waals surface area contributed by atoms with Crippen molar-refractivity contribution in [2.75, 3.05) is 18.0 Å². The molecule has 3 heterocycles. The molecule has 5 rings (SSSR count). The summed E-state index contributed by atoms with van der Waals surface area (Å²) in [4.78, 5) is 22.7. The van der Waals surface area contributed by atoms with E-state index in [2.05, 4.69) is 31.8 Å². The van der Waals surface area contributed by atoms with Crippen LogP contribution in [0.2, 0.25) is 0 Å². The summed E-state index contributed by atoms with van der Waals surface area (Å²) < 4.78 is 28.5. The maximum atomic E-state index is 13.2. The molecule has 1 unspecified atom stereocenters. The first-order chi connectivity index (χ1) is 15.2. The first-order valence-corrected chi connectivity index (χ1v) is 11.9. The Bertz CT molecular complexity index is 1310. The van der Waals surface area contributed by atoms with Crippen LogP contribution in [0, 0.1) is 11.8 Å². The lowest BCUT2D eigenvalue weighted by atomic mass is 10.1. The lowest BCUT2D eigenvalue weighted by molar-refractivity contribution is 0.0846. The van der Waals surface area contributed by atoms with Gasteiger partial charge in [0.2, 0.25) is 16.0 Å². The summed E-state index contributed by atoms with van der Waals surface area (Å²) in [5.74, 6) is 6.45. The van der Waals surface area contributed by atoms with Gasteiger partial charge in [0.05, 0.1) is 28.9 Å². The van der Waals surface area contributed by atoms with E-state index in [1.807, 2.05) is 18.7 Å². The van der Waals surface area contributed by atoms with Crippen LogP contribution in [0.25, 0.3) is 0 Å². The summed E-state index contributed by atoms with van der Waals surface area (Å²) in [5, 5.41) is 8.20. The molecule has 1 aliphatic carbocycles. The molecule has 0 saturated heterocycles. The lowest BCUT2D eigenvalue weighted by Crippen LogP contribution is -2.52. The van der Waals surface area contributed by atoms with Gasteiger partial charge in [0.25, 0.3) is 5.91 Å². The third kappa shape index (κ3) is 3.45. The molecule has 32 heavy (non-hydrogen) atoms. The van der Waals surface area contributed by atoms with Crippen LogP contribution in [0.4, 0.5) is 5.69 Å². The Morgan fingerprint density at radius 2 is 2.09 bits per heavy atom. The lowest BCUT2D eigenvalue weighted by Gasteiger charge is -2.37. The number of benzene rings is 1. The molecule has 1 fully saturated rings. The molecule has 1 amide bonds. The van der Waals surface area contributed by atoms with Crippen molar-refractivity contribution < 1.29 is 13.2 Å². The van der Waals surface area contributed by atoms with Gasteiger partial charge in [0.1, 0.15) is 6.04 Å². The van der Waals surface area contributed by atoms with Crippen molar-refractivity contribution in [1.29, 1.82) is 0 Å². The zero-order valence-electron chi connectivity index (χ0n) is 18.0. The predicted molar refractivity (Wildman–Crippen MR) is 118 cm³/mol. The first-order valence-electron chi connectivity index (χ1n) is 10.4. The van der Waals surface area contributed by atoms with Crippen LogP contribution >= 0.6 is 0 Å². The number of carbonyl (C=O) groups is 1. The monoisotopic (exact) mass is 453 g/mol. The fourth-order valence-electron chi connectivity index (χ4n) is 3.88. The summed E-state index contributed by atoms with van der Waals surface area (Å²) >= 11 is 0. The highest BCUT2D eigenvalue weighted by molar-refractivity contribution is 7.89. The van der Waals surface area contributed by atoms with Crippen molar-refractivity contribution in [3.8, 4) is 11.8 Å². The van der Waals surface area contributed by atoms with E-state index in [1.54, 1.807) is 24.2 Å². The molecule has 11 heteroatoms. The number of sulfonamides is 1. The van der Waals surface area contributed by atoms with Crippen molar-refractivity contribution >= 4 is 27.6 Å². The molecule has 10 nitrogen and oxygen atoms in total. The van der Waals surface area contributed by atoms with Crippen molar-refractivity contribution in [1.82, 2.24) is 24.6 Å². The largest absolute Gasteiger partial charge is 0.295 e. The molecule has 2 aliphatic heterocycles. The molecule has 0 radical (unpaired) electrons. The summed E-state index contributed by atoms with van der Waals surface area (Å²) in [6, 6.07) is 4.35. The van der Waals surface area contributed by atoms with Crippen LogP contribution in [-0.2, 0) is 17.1 Å². The van der Waals surface area contributed by atoms with Gasteiger partial charge in [0, 0.05) is 19.1 Å². The highest BCUT2D eigenvalue weighted by atomic mass is 32.2. The molecule has 1 aromatic carbocycles. The predicted octanol–water partition coefficient (Wildman–Crippen LogP) is 0.718. The number of hydrogen-bond donors (Lipinski definition) is 1. The fraction of sp³-hybridized carbons (Fsp3) is 0.429. The van der Waals surface area contributed by atoms with Gasteiger partial charge in [-0.1, -0.05) is 5.92 Å². The molecule has 1 aromatic heterocycles. The smallest absolute Gasteiger partial charge is 0.262 e. The number of anilines is 1. The zero-order chi connectivity index (χ0) is 22.7. The Morgan fingerprint density at radius 1 is 1.31 bits per heavy atom. The number of hydrogen-bond acceptors (Lipinski definition) is 7. The quantitative estimate of drug-likeness (QED) is 0.683. The van der Waals surface area contributed by atoms with Crippen molar-refractivity contribution in [2.24, 2.45) is 12.0 Å². The van der Waals surface area contributed by atoms with Crippen LogP contribution in [0.5, 0.6) is 0 Å². The van der Waals surface area contributed by atoms with Gasteiger partial charge in [-0.05, 0) is 50.8 Å². The number of aliphatic imine (C=N–C) groups is 1. The van der Waals surface area contributed by atoms with Crippen LogP contribution in [-0.4, -0.2) is 64.8 Å². The minimum absolute atomic E-state index is 0.0792. The van der Waals surface area contributed by atoms with E-state index in [4.69, 9.17) is 0 Å². The number of amides is 1. The summed E-state index contributed by atoms with van der Waals surface area (Å²) in [6.45, 7) is 4.54. The molecular weight excluding hydrogens is 430 g/mol. The van der Waals surface area contributed by atoms with E-state index in [0.717, 1.165) is 12.8 Å². The Morgan fingerprint density at radius 3 is 2.75 bits per heavy atom. The molecule has 0 bridgehead atoms. The first kappa shape index (κ1) is 20.7. The van der Waals surface area contributed by atoms with Gasteiger partial charge in [-0.2, -0.15) is 9.90 Å². The maximum absolute atomic E-state index is 13.2. The minimum atomic E-state index is -3.73. The van der Waals surface area contributed by atoms with Gasteiger partial charge in [-0.15, -0.1) is 5.10 Å². The van der Waals surface area contributed by atoms with Gasteiger partial charge in [-0.25, -0.2) is 18.1 Å². The minimum Gasteiger partial charge on any atom is -0.295 e. The highest BCUT2D eigenvalue weighted by Gasteiger charge is 2.43. The van der Waals surface area contributed by atoms with Crippen LogP contribution in [0.15, 0.2) is 34.3 Å². The number of carbonyl (C=O) groups excluding carboxylic acids is 1. The van der Waals surface area contributed by atoms with Crippen molar-refractivity contribution in [3.05, 3.63) is 35.7 Å². The van der Waals surface area contributed by atoms with E-state index >= 15 is 0 Å². The van der Waals surface area contributed by atoms with Crippen molar-refractivity contribution in [2.45, 2.75) is 43.2 Å². The molecule has 166 valence electrons. The molecule has 1 atom stereocenters. The Labute approximate surface area is 186 Å². The summed E-state index contributed by atoms with van der Waals surface area (Å²) in [6.07, 6.45) is 3.19. The molecule has 3 aliphatic rings. The number of rotatable bonds is 4. The topological polar surface area (TPSA) is 113 Å². The van der Waals surface area contributed by atoms with Gasteiger partial charge in [0.15, 0.2) is 5.69 Å². The molecular formula is C21H23N7O3S. The van der Waals surface area contributed by atoms with E-state index in [-0.39, 0.29) is 16.8 Å². The summed E-state index contributed by atoms with van der Waals surface area (Å²) in [7, 11) is -2.01. The SMILES string of the molecule is CCN1C(=O)c2cc(S(=O)(=O)NC3(C)CC3)ccc2N2C1=NCC2C#Cc1cnn(C)n1. The van der Waals surface area contributed by atoms with Crippen LogP contribution in [0.3, 0.4) is 0 Å². The second-order valence-electron chi connectivity index (χ2n) is 8.41.